The molecule has 1 N–H and O–H groups in total. The lowest BCUT2D eigenvalue weighted by Gasteiger charge is -2.12. The van der Waals surface area contributed by atoms with E-state index in [1.54, 1.807) is 0 Å². The monoisotopic (exact) mass is 267 g/mol. The topological polar surface area (TPSA) is 46.2 Å². The summed E-state index contributed by atoms with van der Waals surface area (Å²) in [5, 5.41) is 2.33. The fraction of sp³-hybridized carbons (Fsp3) is 0.714. The van der Waals surface area contributed by atoms with Crippen LogP contribution in [0.25, 0.3) is 0 Å². The van der Waals surface area contributed by atoms with Crippen LogP contribution in [0.3, 0.4) is 0 Å². The highest BCUT2D eigenvalue weighted by atomic mass is 127. The number of imide groups is 1. The van der Waals surface area contributed by atoms with Gasteiger partial charge in [0.15, 0.2) is 0 Å². The molecule has 1 rings (SSSR count). The molecule has 2 amide bonds. The number of alkyl halides is 1. The number of amides is 2. The molecule has 0 spiro atoms. The van der Waals surface area contributed by atoms with Crippen molar-refractivity contribution in [1.82, 2.24) is 5.32 Å². The summed E-state index contributed by atoms with van der Waals surface area (Å²) in [5.41, 5.74) is 0. The maximum Gasteiger partial charge on any atom is 0.227 e. The van der Waals surface area contributed by atoms with E-state index in [0.29, 0.717) is 16.8 Å². The van der Waals surface area contributed by atoms with Gasteiger partial charge in [0, 0.05) is 16.8 Å². The van der Waals surface area contributed by atoms with Crippen molar-refractivity contribution in [1.29, 1.82) is 0 Å². The molecule has 0 aromatic heterocycles. The molecule has 1 atom stereocenters. The van der Waals surface area contributed by atoms with Crippen molar-refractivity contribution in [2.45, 2.75) is 29.6 Å². The molecule has 1 saturated heterocycles. The maximum absolute atomic E-state index is 10.9. The molecule has 1 heterocycles. The van der Waals surface area contributed by atoms with E-state index in [2.05, 4.69) is 27.9 Å². The Morgan fingerprint density at radius 3 is 2.82 bits per heavy atom. The minimum absolute atomic E-state index is 0.127. The van der Waals surface area contributed by atoms with Gasteiger partial charge in [-0.15, -0.1) is 0 Å². The first-order valence-electron chi connectivity index (χ1n) is 3.65. The third-order valence-electron chi connectivity index (χ3n) is 1.61. The van der Waals surface area contributed by atoms with Crippen LogP contribution < -0.4 is 5.32 Å². The lowest BCUT2D eigenvalue weighted by molar-refractivity contribution is -0.130. The van der Waals surface area contributed by atoms with Crippen LogP contribution in [0.4, 0.5) is 0 Å². The van der Waals surface area contributed by atoms with Crippen LogP contribution in [0, 0.1) is 0 Å². The summed E-state index contributed by atoms with van der Waals surface area (Å²) in [7, 11) is 0. The molecule has 0 radical (unpaired) electrons. The molecule has 4 heteroatoms. The highest BCUT2D eigenvalue weighted by Gasteiger charge is 2.16. The highest BCUT2D eigenvalue weighted by molar-refractivity contribution is 14.1. The zero-order valence-corrected chi connectivity index (χ0v) is 8.26. The van der Waals surface area contributed by atoms with E-state index in [1.165, 1.54) is 0 Å². The first-order valence-corrected chi connectivity index (χ1v) is 4.90. The van der Waals surface area contributed by atoms with E-state index in [4.69, 9.17) is 0 Å². The first kappa shape index (κ1) is 8.96. The fourth-order valence-corrected chi connectivity index (χ4v) is 1.90. The van der Waals surface area contributed by atoms with Gasteiger partial charge in [-0.2, -0.15) is 0 Å². The SMILES string of the molecule is O=C1CCC[C@@H](I)CC(=O)N1. The smallest absolute Gasteiger partial charge is 0.227 e. The number of nitrogens with one attached hydrogen (secondary N) is 1. The van der Waals surface area contributed by atoms with Gasteiger partial charge in [-0.05, 0) is 12.8 Å². The Morgan fingerprint density at radius 1 is 1.36 bits per heavy atom. The summed E-state index contributed by atoms with van der Waals surface area (Å²) in [6.45, 7) is 0. The van der Waals surface area contributed by atoms with Crippen molar-refractivity contribution >= 4 is 34.4 Å². The van der Waals surface area contributed by atoms with Gasteiger partial charge in [-0.3, -0.25) is 14.9 Å². The molecular weight excluding hydrogens is 257 g/mol. The predicted octanol–water partition coefficient (Wildman–Crippen LogP) is 1.01. The minimum Gasteiger partial charge on any atom is -0.296 e. The molecule has 3 nitrogen and oxygen atoms in total. The van der Waals surface area contributed by atoms with E-state index < -0.39 is 0 Å². The van der Waals surface area contributed by atoms with Crippen LogP contribution in [0.5, 0.6) is 0 Å². The molecule has 0 saturated carbocycles. The molecule has 0 aliphatic carbocycles. The number of carbonyl (C=O) groups excluding carboxylic acids is 2. The second-order valence-corrected chi connectivity index (χ2v) is 4.43. The van der Waals surface area contributed by atoms with Gasteiger partial charge in [0.2, 0.25) is 11.8 Å². The van der Waals surface area contributed by atoms with Gasteiger partial charge in [0.05, 0.1) is 0 Å². The number of hydrogen-bond acceptors (Lipinski definition) is 2. The van der Waals surface area contributed by atoms with Crippen molar-refractivity contribution in [3.8, 4) is 0 Å². The molecule has 0 aromatic rings. The van der Waals surface area contributed by atoms with Crippen LogP contribution in [-0.2, 0) is 9.59 Å². The van der Waals surface area contributed by atoms with E-state index >= 15 is 0 Å². The highest BCUT2D eigenvalue weighted by Crippen LogP contribution is 2.16. The molecule has 0 unspecified atom stereocenters. The van der Waals surface area contributed by atoms with Crippen LogP contribution in [-0.4, -0.2) is 15.7 Å². The largest absolute Gasteiger partial charge is 0.296 e. The van der Waals surface area contributed by atoms with Crippen LogP contribution >= 0.6 is 22.6 Å². The summed E-state index contributed by atoms with van der Waals surface area (Å²) in [4.78, 5) is 21.7. The van der Waals surface area contributed by atoms with E-state index in [9.17, 15) is 9.59 Å². The standard InChI is InChI=1S/C7H10INO2/c8-5-2-1-3-6(10)9-7(11)4-5/h5H,1-4H2,(H,9,10,11)/t5-/m1/s1. The average molecular weight is 267 g/mol. The van der Waals surface area contributed by atoms with Gasteiger partial charge in [0.25, 0.3) is 0 Å². The van der Waals surface area contributed by atoms with Gasteiger partial charge >= 0.3 is 0 Å². The average Bonchev–Trinajstić information content (AvgIpc) is 1.83. The summed E-state index contributed by atoms with van der Waals surface area (Å²) in [5.74, 6) is -0.257. The zero-order chi connectivity index (χ0) is 8.27. The number of halogens is 1. The molecule has 0 bridgehead atoms. The van der Waals surface area contributed by atoms with Gasteiger partial charge < -0.3 is 0 Å². The predicted molar refractivity (Wildman–Crippen MR) is 49.4 cm³/mol. The van der Waals surface area contributed by atoms with Gasteiger partial charge in [-0.25, -0.2) is 0 Å². The second kappa shape index (κ2) is 4.04. The van der Waals surface area contributed by atoms with E-state index in [1.807, 2.05) is 0 Å². The second-order valence-electron chi connectivity index (χ2n) is 2.66. The third kappa shape index (κ3) is 3.18. The Balaban J connectivity index is 2.47. The lowest BCUT2D eigenvalue weighted by atomic mass is 10.1. The molecular formula is C7H10INO2. The molecule has 11 heavy (non-hydrogen) atoms. The summed E-state index contributed by atoms with van der Waals surface area (Å²) >= 11 is 2.25. The zero-order valence-electron chi connectivity index (χ0n) is 6.10. The van der Waals surface area contributed by atoms with E-state index in [-0.39, 0.29) is 11.8 Å². The lowest BCUT2D eigenvalue weighted by Crippen LogP contribution is -2.33. The number of rotatable bonds is 0. The van der Waals surface area contributed by atoms with Crippen molar-refractivity contribution in [2.24, 2.45) is 0 Å². The minimum atomic E-state index is -0.130. The Morgan fingerprint density at radius 2 is 2.09 bits per heavy atom. The van der Waals surface area contributed by atoms with Crippen LogP contribution in [0.15, 0.2) is 0 Å². The molecule has 62 valence electrons. The Bertz CT molecular complexity index is 181. The number of carbonyl (C=O) groups is 2. The van der Waals surface area contributed by atoms with Crippen molar-refractivity contribution in [2.75, 3.05) is 0 Å². The van der Waals surface area contributed by atoms with Crippen molar-refractivity contribution in [3.05, 3.63) is 0 Å². The Labute approximate surface area is 79.1 Å². The third-order valence-corrected chi connectivity index (χ3v) is 2.67. The molecule has 1 aliphatic heterocycles. The maximum atomic E-state index is 10.9. The normalized spacial score (nSPS) is 27.2. The van der Waals surface area contributed by atoms with Gasteiger partial charge in [-0.1, -0.05) is 22.6 Å². The van der Waals surface area contributed by atoms with E-state index in [0.717, 1.165) is 12.8 Å². The Hall–Kier alpha value is -0.130. The fourth-order valence-electron chi connectivity index (χ4n) is 1.06. The first-order chi connectivity index (χ1) is 5.18. The van der Waals surface area contributed by atoms with Crippen molar-refractivity contribution < 1.29 is 9.59 Å². The molecule has 1 fully saturated rings. The quantitative estimate of drug-likeness (QED) is 0.404. The van der Waals surface area contributed by atoms with Crippen LogP contribution in [0.2, 0.25) is 0 Å². The summed E-state index contributed by atoms with van der Waals surface area (Å²) in [6.07, 6.45) is 2.84. The summed E-state index contributed by atoms with van der Waals surface area (Å²) < 4.78 is 0.390. The van der Waals surface area contributed by atoms with Crippen molar-refractivity contribution in [3.63, 3.8) is 0 Å². The van der Waals surface area contributed by atoms with Gasteiger partial charge in [0.1, 0.15) is 0 Å². The van der Waals surface area contributed by atoms with Crippen LogP contribution in [0.1, 0.15) is 25.7 Å². The molecule has 1 aliphatic rings. The molecule has 0 aromatic carbocycles. The number of hydrogen-bond donors (Lipinski definition) is 1. The summed E-state index contributed by atoms with van der Waals surface area (Å²) in [6, 6.07) is 0. The Kier molecular flexibility index (Phi) is 3.29.